The minimum atomic E-state index is -1.46. The number of benzene rings is 1. The number of alkyl halides is 2. The van der Waals surface area contributed by atoms with Crippen LogP contribution >= 0.6 is 0 Å². The lowest BCUT2D eigenvalue weighted by Gasteiger charge is -2.34. The van der Waals surface area contributed by atoms with E-state index in [4.69, 9.17) is 9.84 Å². The predicted molar refractivity (Wildman–Crippen MR) is 114 cm³/mol. The molecule has 0 radical (unpaired) electrons. The average molecular weight is 456 g/mol. The zero-order valence-electron chi connectivity index (χ0n) is 17.6. The monoisotopic (exact) mass is 456 g/mol. The van der Waals surface area contributed by atoms with Crippen molar-refractivity contribution in [3.8, 4) is 22.9 Å². The van der Waals surface area contributed by atoms with E-state index in [2.05, 4.69) is 10.3 Å². The second-order valence-electron chi connectivity index (χ2n) is 8.06. The van der Waals surface area contributed by atoms with Crippen LogP contribution in [0.5, 0.6) is 5.75 Å². The van der Waals surface area contributed by atoms with Crippen LogP contribution in [0.15, 0.2) is 36.5 Å². The highest BCUT2D eigenvalue weighted by Crippen LogP contribution is 2.35. The first kappa shape index (κ1) is 22.6. The lowest BCUT2D eigenvalue weighted by molar-refractivity contribution is -0.138. The normalized spacial score (nSPS) is 24.0. The third kappa shape index (κ3) is 5.09. The van der Waals surface area contributed by atoms with Crippen molar-refractivity contribution in [1.82, 2.24) is 9.88 Å². The van der Waals surface area contributed by atoms with Gasteiger partial charge in [0.1, 0.15) is 36.5 Å². The lowest BCUT2D eigenvalue weighted by atomic mass is 10.0. The van der Waals surface area contributed by atoms with Crippen molar-refractivity contribution in [2.75, 3.05) is 25.0 Å². The summed E-state index contributed by atoms with van der Waals surface area (Å²) in [7, 11) is 0. The van der Waals surface area contributed by atoms with Gasteiger partial charge in [-0.3, -0.25) is 9.59 Å². The Morgan fingerprint density at radius 3 is 2.67 bits per heavy atom. The zero-order chi connectivity index (χ0) is 23.5. The van der Waals surface area contributed by atoms with Gasteiger partial charge >= 0.3 is 0 Å². The molecule has 172 valence electrons. The van der Waals surface area contributed by atoms with E-state index in [1.54, 1.807) is 30.3 Å². The van der Waals surface area contributed by atoms with Crippen molar-refractivity contribution < 1.29 is 28.2 Å². The first-order chi connectivity index (χ1) is 15.9. The first-order valence-electron chi connectivity index (χ1n) is 10.5. The molecule has 1 aromatic carbocycles. The van der Waals surface area contributed by atoms with Crippen molar-refractivity contribution in [2.45, 2.75) is 31.3 Å². The standard InChI is InChI=1S/C23H22F2N4O4/c24-17-9-16(17)23(32)28-21-8-14(3-5-27-21)13-1-2-19(15(7-13)10-26)33-20-4-6-29(11-18(20)25)22(31)12-30/h1-3,5,7-8,16-18,20,30H,4,6,9,11-12H2,(H,27,28,32)/t16-,17-,18+,20-/m0/s1. The van der Waals surface area contributed by atoms with Crippen LogP contribution in [0.25, 0.3) is 11.1 Å². The van der Waals surface area contributed by atoms with Crippen LogP contribution in [0.1, 0.15) is 18.4 Å². The number of aliphatic hydroxyl groups is 1. The Morgan fingerprint density at radius 1 is 1.24 bits per heavy atom. The van der Waals surface area contributed by atoms with E-state index in [1.807, 2.05) is 6.07 Å². The maximum absolute atomic E-state index is 14.5. The Kier molecular flexibility index (Phi) is 6.51. The van der Waals surface area contributed by atoms with Gasteiger partial charge < -0.3 is 20.1 Å². The molecule has 2 N–H and O–H groups in total. The Bertz CT molecular complexity index is 1110. The summed E-state index contributed by atoms with van der Waals surface area (Å²) in [5, 5.41) is 21.1. The van der Waals surface area contributed by atoms with E-state index in [0.717, 1.165) is 0 Å². The van der Waals surface area contributed by atoms with Gasteiger partial charge in [0.25, 0.3) is 0 Å². The van der Waals surface area contributed by atoms with Crippen LogP contribution in [-0.4, -0.2) is 64.9 Å². The molecule has 1 aromatic heterocycles. The molecular formula is C23H22F2N4O4. The van der Waals surface area contributed by atoms with Gasteiger partial charge in [-0.05, 0) is 41.8 Å². The molecule has 2 amide bonds. The highest BCUT2D eigenvalue weighted by atomic mass is 19.1. The van der Waals surface area contributed by atoms with E-state index in [1.165, 1.54) is 11.1 Å². The van der Waals surface area contributed by atoms with Crippen LogP contribution in [0.2, 0.25) is 0 Å². The fourth-order valence-electron chi connectivity index (χ4n) is 3.74. The van der Waals surface area contributed by atoms with E-state index >= 15 is 0 Å². The molecule has 2 aliphatic rings. The topological polar surface area (TPSA) is 116 Å². The van der Waals surface area contributed by atoms with Crippen molar-refractivity contribution in [3.05, 3.63) is 42.1 Å². The van der Waals surface area contributed by atoms with Gasteiger partial charge in [0.2, 0.25) is 11.8 Å². The number of carbonyl (C=O) groups excluding carboxylic acids is 2. The van der Waals surface area contributed by atoms with Crippen molar-refractivity contribution in [3.63, 3.8) is 0 Å². The second-order valence-corrected chi connectivity index (χ2v) is 8.06. The number of likely N-dealkylation sites (tertiary alicyclic amines) is 1. The number of hydrogen-bond acceptors (Lipinski definition) is 6. The molecule has 1 saturated carbocycles. The molecule has 1 aliphatic carbocycles. The predicted octanol–water partition coefficient (Wildman–Crippen LogP) is 2.23. The summed E-state index contributed by atoms with van der Waals surface area (Å²) in [6.07, 6.45) is -1.44. The summed E-state index contributed by atoms with van der Waals surface area (Å²) in [5.41, 5.74) is 1.54. The number of pyridine rings is 1. The third-order valence-corrected chi connectivity index (χ3v) is 5.74. The molecule has 2 heterocycles. The van der Waals surface area contributed by atoms with E-state index < -0.39 is 42.8 Å². The average Bonchev–Trinajstić information content (AvgIpc) is 3.57. The van der Waals surface area contributed by atoms with Gasteiger partial charge in [0, 0.05) is 19.2 Å². The van der Waals surface area contributed by atoms with Crippen LogP contribution in [-0.2, 0) is 9.59 Å². The molecule has 0 spiro atoms. The summed E-state index contributed by atoms with van der Waals surface area (Å²) >= 11 is 0. The highest BCUT2D eigenvalue weighted by Gasteiger charge is 2.43. The van der Waals surface area contributed by atoms with Gasteiger partial charge in [0.05, 0.1) is 18.0 Å². The molecule has 2 fully saturated rings. The van der Waals surface area contributed by atoms with Crippen LogP contribution in [0.3, 0.4) is 0 Å². The van der Waals surface area contributed by atoms with Gasteiger partial charge in [-0.1, -0.05) is 6.07 Å². The van der Waals surface area contributed by atoms with E-state index in [9.17, 15) is 23.6 Å². The number of nitriles is 1. The molecule has 2 aromatic rings. The zero-order valence-corrected chi connectivity index (χ0v) is 17.6. The Morgan fingerprint density at radius 2 is 2.00 bits per heavy atom. The highest BCUT2D eigenvalue weighted by molar-refractivity contribution is 5.94. The number of amides is 2. The number of aliphatic hydroxyl groups excluding tert-OH is 1. The molecule has 0 unspecified atom stereocenters. The summed E-state index contributed by atoms with van der Waals surface area (Å²) < 4.78 is 33.4. The van der Waals surface area contributed by atoms with E-state index in [0.29, 0.717) is 11.1 Å². The summed E-state index contributed by atoms with van der Waals surface area (Å²) in [5.74, 6) is -1.08. The van der Waals surface area contributed by atoms with Crippen molar-refractivity contribution in [2.24, 2.45) is 5.92 Å². The summed E-state index contributed by atoms with van der Waals surface area (Å²) in [6.45, 7) is -0.602. The Labute approximate surface area is 188 Å². The molecule has 10 heteroatoms. The Hall–Kier alpha value is -3.58. The number of ether oxygens (including phenoxy) is 1. The number of piperidine rings is 1. The first-order valence-corrected chi connectivity index (χ1v) is 10.5. The number of halogens is 2. The van der Waals surface area contributed by atoms with E-state index in [-0.39, 0.29) is 43.1 Å². The number of aromatic nitrogens is 1. The maximum atomic E-state index is 14.5. The maximum Gasteiger partial charge on any atom is 0.248 e. The quantitative estimate of drug-likeness (QED) is 0.689. The summed E-state index contributed by atoms with van der Waals surface area (Å²) in [6, 6.07) is 10.2. The van der Waals surface area contributed by atoms with Crippen molar-refractivity contribution in [1.29, 1.82) is 5.26 Å². The third-order valence-electron chi connectivity index (χ3n) is 5.74. The minimum Gasteiger partial charge on any atom is -0.486 e. The number of hydrogen-bond donors (Lipinski definition) is 2. The summed E-state index contributed by atoms with van der Waals surface area (Å²) in [4.78, 5) is 28.8. The van der Waals surface area contributed by atoms with Crippen LogP contribution < -0.4 is 10.1 Å². The molecule has 4 rings (SSSR count). The SMILES string of the molecule is N#Cc1cc(-c2ccnc(NC(=O)[C@H]3C[C@@H]3F)c2)ccc1O[C@H]1CCN(C(=O)CO)C[C@H]1F. The molecular weight excluding hydrogens is 434 g/mol. The second kappa shape index (κ2) is 9.50. The van der Waals surface area contributed by atoms with Crippen LogP contribution in [0.4, 0.5) is 14.6 Å². The fourth-order valence-corrected chi connectivity index (χ4v) is 3.74. The largest absolute Gasteiger partial charge is 0.486 e. The molecule has 8 nitrogen and oxygen atoms in total. The minimum absolute atomic E-state index is 0.181. The van der Waals surface area contributed by atoms with Gasteiger partial charge in [-0.15, -0.1) is 0 Å². The lowest BCUT2D eigenvalue weighted by Crippen LogP contribution is -2.50. The van der Waals surface area contributed by atoms with Gasteiger partial charge in [-0.25, -0.2) is 13.8 Å². The smallest absolute Gasteiger partial charge is 0.248 e. The number of rotatable bonds is 6. The van der Waals surface area contributed by atoms with Crippen molar-refractivity contribution >= 4 is 17.6 Å². The molecule has 4 atom stereocenters. The number of carbonyl (C=O) groups is 2. The molecule has 1 saturated heterocycles. The number of anilines is 1. The van der Waals surface area contributed by atoms with Crippen LogP contribution in [0, 0.1) is 17.2 Å². The molecule has 33 heavy (non-hydrogen) atoms. The molecule has 1 aliphatic heterocycles. The molecule has 0 bridgehead atoms. The Balaban J connectivity index is 1.46. The van der Waals surface area contributed by atoms with Gasteiger partial charge in [-0.2, -0.15) is 5.26 Å². The number of nitrogens with zero attached hydrogens (tertiary/aromatic N) is 3. The number of nitrogens with one attached hydrogen (secondary N) is 1. The fraction of sp³-hybridized carbons (Fsp3) is 0.391. The van der Waals surface area contributed by atoms with Gasteiger partial charge in [0.15, 0.2) is 6.17 Å².